The highest BCUT2D eigenvalue weighted by Crippen LogP contribution is 2.23. The Bertz CT molecular complexity index is 913. The summed E-state index contributed by atoms with van der Waals surface area (Å²) in [6, 6.07) is 9.91. The Labute approximate surface area is 182 Å². The van der Waals surface area contributed by atoms with Crippen LogP contribution in [0.15, 0.2) is 47.4 Å². The molecule has 0 aliphatic carbocycles. The summed E-state index contributed by atoms with van der Waals surface area (Å²) >= 11 is 0. The predicted octanol–water partition coefficient (Wildman–Crippen LogP) is 3.05. The van der Waals surface area contributed by atoms with E-state index in [-0.39, 0.29) is 23.4 Å². The van der Waals surface area contributed by atoms with Crippen molar-refractivity contribution in [3.8, 4) is 0 Å². The van der Waals surface area contributed by atoms with Gasteiger partial charge in [0, 0.05) is 44.1 Å². The Morgan fingerprint density at radius 2 is 1.94 bits per heavy atom. The van der Waals surface area contributed by atoms with Gasteiger partial charge in [0.05, 0.1) is 11.7 Å². The monoisotopic (exact) mass is 427 g/mol. The van der Waals surface area contributed by atoms with Gasteiger partial charge in [-0.2, -0.15) is 0 Å². The third-order valence-electron chi connectivity index (χ3n) is 6.30. The fraction of sp³-hybridized carbons (Fsp3) is 0.500. The number of nitrogens with one attached hydrogen (secondary N) is 1. The number of aromatic amines is 1. The molecule has 1 amide bonds. The Morgan fingerprint density at radius 1 is 1.13 bits per heavy atom. The number of hydrogen-bond acceptors (Lipinski definition) is 4. The van der Waals surface area contributed by atoms with Crippen LogP contribution in [-0.4, -0.2) is 59.6 Å². The number of halogens is 1. The number of carbonyl (C=O) groups is 1. The van der Waals surface area contributed by atoms with Crippen molar-refractivity contribution in [2.24, 2.45) is 5.92 Å². The van der Waals surface area contributed by atoms with Crippen LogP contribution in [0.25, 0.3) is 0 Å². The van der Waals surface area contributed by atoms with Crippen LogP contribution in [0.2, 0.25) is 0 Å². The Balaban J connectivity index is 1.36. The molecule has 2 fully saturated rings. The SMILES string of the molecule is O=C(c1ccc(=O)[nH]c1)N(CC1CCN(Cc2ccccc2F)CC1)C[C@H]1CCCO1. The number of likely N-dealkylation sites (tertiary alicyclic amines) is 1. The summed E-state index contributed by atoms with van der Waals surface area (Å²) in [4.78, 5) is 31.3. The van der Waals surface area contributed by atoms with Gasteiger partial charge >= 0.3 is 0 Å². The van der Waals surface area contributed by atoms with Crippen LogP contribution in [0, 0.1) is 11.7 Å². The number of benzene rings is 1. The van der Waals surface area contributed by atoms with Crippen LogP contribution in [0.4, 0.5) is 4.39 Å². The van der Waals surface area contributed by atoms with E-state index in [9.17, 15) is 14.0 Å². The molecule has 2 aromatic rings. The Hall–Kier alpha value is -2.51. The van der Waals surface area contributed by atoms with Crippen LogP contribution < -0.4 is 5.56 Å². The quantitative estimate of drug-likeness (QED) is 0.738. The molecule has 31 heavy (non-hydrogen) atoms. The molecule has 0 unspecified atom stereocenters. The van der Waals surface area contributed by atoms with E-state index in [2.05, 4.69) is 9.88 Å². The van der Waals surface area contributed by atoms with E-state index in [1.165, 1.54) is 18.3 Å². The average molecular weight is 428 g/mol. The van der Waals surface area contributed by atoms with Crippen molar-refractivity contribution in [1.82, 2.24) is 14.8 Å². The number of aromatic nitrogens is 1. The number of amides is 1. The Kier molecular flexibility index (Phi) is 7.14. The van der Waals surface area contributed by atoms with Crippen molar-refractivity contribution in [2.75, 3.05) is 32.8 Å². The highest BCUT2D eigenvalue weighted by Gasteiger charge is 2.28. The van der Waals surface area contributed by atoms with Gasteiger partial charge in [0.2, 0.25) is 5.56 Å². The minimum atomic E-state index is -0.218. The maximum Gasteiger partial charge on any atom is 0.255 e. The Morgan fingerprint density at radius 3 is 2.61 bits per heavy atom. The van der Waals surface area contributed by atoms with Crippen LogP contribution in [0.3, 0.4) is 0 Å². The van der Waals surface area contributed by atoms with Crippen LogP contribution in [0.5, 0.6) is 0 Å². The maximum absolute atomic E-state index is 14.0. The van der Waals surface area contributed by atoms with Gasteiger partial charge in [-0.1, -0.05) is 18.2 Å². The normalized spacial score (nSPS) is 20.1. The third-order valence-corrected chi connectivity index (χ3v) is 6.30. The average Bonchev–Trinajstić information content (AvgIpc) is 3.29. The van der Waals surface area contributed by atoms with Crippen LogP contribution in [-0.2, 0) is 11.3 Å². The van der Waals surface area contributed by atoms with E-state index < -0.39 is 0 Å². The van der Waals surface area contributed by atoms with Crippen LogP contribution >= 0.6 is 0 Å². The van der Waals surface area contributed by atoms with Gasteiger partial charge in [0.25, 0.3) is 5.91 Å². The molecular weight excluding hydrogens is 397 g/mol. The van der Waals surface area contributed by atoms with Crippen molar-refractivity contribution in [1.29, 1.82) is 0 Å². The molecule has 2 aliphatic rings. The smallest absolute Gasteiger partial charge is 0.255 e. The van der Waals surface area contributed by atoms with E-state index in [0.29, 0.717) is 31.1 Å². The first-order chi connectivity index (χ1) is 15.1. The van der Waals surface area contributed by atoms with Gasteiger partial charge in [-0.15, -0.1) is 0 Å². The second kappa shape index (κ2) is 10.2. The lowest BCUT2D eigenvalue weighted by Crippen LogP contribution is -2.43. The van der Waals surface area contributed by atoms with Gasteiger partial charge in [0.1, 0.15) is 5.82 Å². The lowest BCUT2D eigenvalue weighted by atomic mass is 9.95. The predicted molar refractivity (Wildman–Crippen MR) is 116 cm³/mol. The second-order valence-corrected chi connectivity index (χ2v) is 8.60. The fourth-order valence-electron chi connectivity index (χ4n) is 4.51. The number of H-pyrrole nitrogens is 1. The molecular formula is C24H30FN3O3. The molecule has 0 spiro atoms. The van der Waals surface area contributed by atoms with Crippen molar-refractivity contribution in [2.45, 2.75) is 38.3 Å². The molecule has 0 radical (unpaired) electrons. The number of ether oxygens (including phenoxy) is 1. The molecule has 0 bridgehead atoms. The topological polar surface area (TPSA) is 65.6 Å². The molecule has 7 heteroatoms. The molecule has 1 N–H and O–H groups in total. The molecule has 3 heterocycles. The second-order valence-electron chi connectivity index (χ2n) is 8.60. The lowest BCUT2D eigenvalue weighted by molar-refractivity contribution is 0.0444. The summed E-state index contributed by atoms with van der Waals surface area (Å²) in [5.74, 6) is 0.171. The fourth-order valence-corrected chi connectivity index (χ4v) is 4.51. The van der Waals surface area contributed by atoms with Crippen molar-refractivity contribution < 1.29 is 13.9 Å². The van der Waals surface area contributed by atoms with Gasteiger partial charge in [-0.05, 0) is 56.8 Å². The van der Waals surface area contributed by atoms with Crippen molar-refractivity contribution >= 4 is 5.91 Å². The molecule has 4 rings (SSSR count). The molecule has 1 aromatic heterocycles. The first-order valence-corrected chi connectivity index (χ1v) is 11.1. The summed E-state index contributed by atoms with van der Waals surface area (Å²) < 4.78 is 19.7. The first kappa shape index (κ1) is 21.7. The molecule has 2 aliphatic heterocycles. The number of rotatable bonds is 7. The highest BCUT2D eigenvalue weighted by atomic mass is 19.1. The van der Waals surface area contributed by atoms with Gasteiger partial charge in [-0.25, -0.2) is 4.39 Å². The molecule has 6 nitrogen and oxygen atoms in total. The lowest BCUT2D eigenvalue weighted by Gasteiger charge is -2.35. The van der Waals surface area contributed by atoms with Gasteiger partial charge in [-0.3, -0.25) is 14.5 Å². The molecule has 2 saturated heterocycles. The van der Waals surface area contributed by atoms with E-state index in [1.54, 1.807) is 12.1 Å². The van der Waals surface area contributed by atoms with Crippen molar-refractivity contribution in [3.63, 3.8) is 0 Å². The number of pyridine rings is 1. The summed E-state index contributed by atoms with van der Waals surface area (Å²) in [6.45, 7) is 4.40. The number of hydrogen-bond donors (Lipinski definition) is 1. The summed E-state index contributed by atoms with van der Waals surface area (Å²) in [6.07, 6.45) is 5.50. The van der Waals surface area contributed by atoms with E-state index >= 15 is 0 Å². The summed E-state index contributed by atoms with van der Waals surface area (Å²) in [5.41, 5.74) is 1.01. The third kappa shape index (κ3) is 5.80. The number of piperidine rings is 1. The molecule has 1 aromatic carbocycles. The zero-order valence-electron chi connectivity index (χ0n) is 17.8. The van der Waals surface area contributed by atoms with E-state index in [0.717, 1.165) is 50.9 Å². The van der Waals surface area contributed by atoms with E-state index in [1.807, 2.05) is 17.0 Å². The molecule has 166 valence electrons. The van der Waals surface area contributed by atoms with Gasteiger partial charge < -0.3 is 14.6 Å². The molecule has 1 atom stereocenters. The largest absolute Gasteiger partial charge is 0.376 e. The number of carbonyl (C=O) groups excluding carboxylic acids is 1. The maximum atomic E-state index is 14.0. The first-order valence-electron chi connectivity index (χ1n) is 11.1. The summed E-state index contributed by atoms with van der Waals surface area (Å²) in [5, 5.41) is 0. The summed E-state index contributed by atoms with van der Waals surface area (Å²) in [7, 11) is 0. The van der Waals surface area contributed by atoms with Crippen molar-refractivity contribution in [3.05, 3.63) is 69.9 Å². The highest BCUT2D eigenvalue weighted by molar-refractivity contribution is 5.93. The van der Waals surface area contributed by atoms with E-state index in [4.69, 9.17) is 4.74 Å². The molecule has 0 saturated carbocycles. The standard InChI is InChI=1S/C24H30FN3O3/c25-22-6-2-1-4-20(22)16-27-11-9-18(10-12-27)15-28(17-21-5-3-13-31-21)24(30)19-7-8-23(29)26-14-19/h1-2,4,6-8,14,18,21H,3,5,9-13,15-17H2,(H,26,29)/t21-/m1/s1. The zero-order chi connectivity index (χ0) is 21.6. The van der Waals surface area contributed by atoms with Crippen LogP contribution in [0.1, 0.15) is 41.6 Å². The minimum absolute atomic E-state index is 0.0689. The number of nitrogens with zero attached hydrogens (tertiary/aromatic N) is 2. The minimum Gasteiger partial charge on any atom is -0.376 e. The van der Waals surface area contributed by atoms with Gasteiger partial charge in [0.15, 0.2) is 0 Å². The zero-order valence-corrected chi connectivity index (χ0v) is 17.8.